The van der Waals surface area contributed by atoms with Crippen LogP contribution in [0.2, 0.25) is 0 Å². The second-order valence-corrected chi connectivity index (χ2v) is 4.84. The number of hydrazone groups is 1. The summed E-state index contributed by atoms with van der Waals surface area (Å²) in [5, 5.41) is 26.2. The van der Waals surface area contributed by atoms with Crippen LogP contribution < -0.4 is 10.7 Å². The van der Waals surface area contributed by atoms with E-state index in [4.69, 9.17) is 17.0 Å². The van der Waals surface area contributed by atoms with Crippen LogP contribution in [0.25, 0.3) is 0 Å². The molecule has 0 saturated carbocycles. The molecule has 4 N–H and O–H groups in total. The molecule has 1 saturated heterocycles. The average molecular weight is 295 g/mol. The lowest BCUT2D eigenvalue weighted by atomic mass is 10.2. The highest BCUT2D eigenvalue weighted by molar-refractivity contribution is 7.80. The third-order valence-electron chi connectivity index (χ3n) is 2.93. The van der Waals surface area contributed by atoms with Crippen LogP contribution in [0.15, 0.2) is 23.3 Å². The molecule has 1 aromatic rings. The highest BCUT2D eigenvalue weighted by atomic mass is 32.1. The fraction of sp³-hybridized carbons (Fsp3) is 0.385. The molecule has 1 unspecified atom stereocenters. The first-order valence-corrected chi connectivity index (χ1v) is 6.77. The maximum atomic E-state index is 9.58. The van der Waals surface area contributed by atoms with Crippen molar-refractivity contribution in [1.29, 1.82) is 0 Å². The number of hydrogen-bond donors (Lipinski definition) is 4. The summed E-state index contributed by atoms with van der Waals surface area (Å²) in [6.45, 7) is 1.46. The second kappa shape index (κ2) is 7.06. The smallest absolute Gasteiger partial charge is 0.187 e. The van der Waals surface area contributed by atoms with E-state index in [1.54, 1.807) is 12.1 Å². The topological polar surface area (TPSA) is 86.1 Å². The summed E-state index contributed by atoms with van der Waals surface area (Å²) >= 11 is 5.06. The van der Waals surface area contributed by atoms with Gasteiger partial charge in [0.1, 0.15) is 0 Å². The van der Waals surface area contributed by atoms with Crippen LogP contribution in [0.1, 0.15) is 18.4 Å². The summed E-state index contributed by atoms with van der Waals surface area (Å²) in [5.74, 6) is -0.399. The van der Waals surface area contributed by atoms with Gasteiger partial charge in [-0.2, -0.15) is 5.10 Å². The molecule has 1 atom stereocenters. The van der Waals surface area contributed by atoms with E-state index in [0.717, 1.165) is 19.4 Å². The Kier molecular flexibility index (Phi) is 5.14. The molecule has 6 nitrogen and oxygen atoms in total. The van der Waals surface area contributed by atoms with E-state index < -0.39 is 0 Å². The molecule has 1 fully saturated rings. The number of rotatable bonds is 4. The summed E-state index contributed by atoms with van der Waals surface area (Å²) < 4.78 is 5.46. The molecule has 108 valence electrons. The Bertz CT molecular complexity index is 502. The molecule has 0 radical (unpaired) electrons. The molecule has 1 aromatic carbocycles. The number of para-hydroxylation sites is 1. The first kappa shape index (κ1) is 14.5. The maximum absolute atomic E-state index is 9.58. The SMILES string of the molecule is Oc1cccc(C=NNC(=S)NCC2CCCO2)c1O. The number of nitrogens with zero attached hydrogens (tertiary/aromatic N) is 1. The van der Waals surface area contributed by atoms with Crippen molar-refractivity contribution in [1.82, 2.24) is 10.7 Å². The van der Waals surface area contributed by atoms with Crippen LogP contribution in [0.3, 0.4) is 0 Å². The lowest BCUT2D eigenvalue weighted by Crippen LogP contribution is -2.37. The molecule has 0 bridgehead atoms. The third kappa shape index (κ3) is 4.07. The number of phenolic OH excluding ortho intramolecular Hbond substituents is 2. The van der Waals surface area contributed by atoms with Gasteiger partial charge in [0.15, 0.2) is 16.6 Å². The van der Waals surface area contributed by atoms with E-state index in [1.165, 1.54) is 12.3 Å². The van der Waals surface area contributed by atoms with Crippen LogP contribution in [-0.2, 0) is 4.74 Å². The van der Waals surface area contributed by atoms with Crippen molar-refractivity contribution in [2.45, 2.75) is 18.9 Å². The Morgan fingerprint density at radius 1 is 1.50 bits per heavy atom. The van der Waals surface area contributed by atoms with E-state index in [0.29, 0.717) is 17.2 Å². The maximum Gasteiger partial charge on any atom is 0.187 e. The molecule has 0 amide bonds. The summed E-state index contributed by atoms with van der Waals surface area (Å²) in [6.07, 6.45) is 3.71. The number of thiocarbonyl (C=S) groups is 1. The minimum absolute atomic E-state index is 0.187. The Labute approximate surface area is 122 Å². The van der Waals surface area contributed by atoms with Crippen molar-refractivity contribution in [2.24, 2.45) is 5.10 Å². The Balaban J connectivity index is 1.77. The van der Waals surface area contributed by atoms with Gasteiger partial charge in [-0.1, -0.05) is 6.07 Å². The Hall–Kier alpha value is -1.86. The number of aromatic hydroxyl groups is 2. The van der Waals surface area contributed by atoms with Gasteiger partial charge in [-0.05, 0) is 37.2 Å². The molecule has 2 rings (SSSR count). The van der Waals surface area contributed by atoms with E-state index in [9.17, 15) is 10.2 Å². The van der Waals surface area contributed by atoms with Crippen molar-refractivity contribution in [3.63, 3.8) is 0 Å². The van der Waals surface area contributed by atoms with Gasteiger partial charge in [-0.15, -0.1) is 0 Å². The zero-order valence-electron chi connectivity index (χ0n) is 10.9. The van der Waals surface area contributed by atoms with Gasteiger partial charge in [-0.25, -0.2) is 0 Å². The Morgan fingerprint density at radius 3 is 3.10 bits per heavy atom. The number of benzene rings is 1. The largest absolute Gasteiger partial charge is 0.504 e. The average Bonchev–Trinajstić information content (AvgIpc) is 2.94. The van der Waals surface area contributed by atoms with Crippen molar-refractivity contribution in [3.05, 3.63) is 23.8 Å². The molecule has 1 aliphatic rings. The van der Waals surface area contributed by atoms with Crippen molar-refractivity contribution in [2.75, 3.05) is 13.2 Å². The second-order valence-electron chi connectivity index (χ2n) is 4.43. The summed E-state index contributed by atoms with van der Waals surface area (Å²) in [7, 11) is 0. The van der Waals surface area contributed by atoms with Gasteiger partial charge in [0, 0.05) is 18.7 Å². The first-order chi connectivity index (χ1) is 9.66. The molecule has 0 aromatic heterocycles. The number of nitrogens with one attached hydrogen (secondary N) is 2. The van der Waals surface area contributed by atoms with Crippen LogP contribution in [-0.4, -0.2) is 40.8 Å². The predicted molar refractivity (Wildman–Crippen MR) is 80.1 cm³/mol. The van der Waals surface area contributed by atoms with E-state index in [-0.39, 0.29) is 17.6 Å². The standard InChI is InChI=1S/C13H17N3O3S/c17-11-5-1-3-9(12(11)18)7-15-16-13(20)14-8-10-4-2-6-19-10/h1,3,5,7,10,17-18H,2,4,6,8H2,(H2,14,16,20). The van der Waals surface area contributed by atoms with Crippen molar-refractivity contribution >= 4 is 23.5 Å². The van der Waals surface area contributed by atoms with Gasteiger partial charge >= 0.3 is 0 Å². The summed E-state index contributed by atoms with van der Waals surface area (Å²) in [4.78, 5) is 0. The molecule has 1 heterocycles. The zero-order valence-corrected chi connectivity index (χ0v) is 11.7. The molecule has 7 heteroatoms. The summed E-state index contributed by atoms with van der Waals surface area (Å²) in [5.41, 5.74) is 3.05. The van der Waals surface area contributed by atoms with Crippen LogP contribution in [0, 0.1) is 0 Å². The van der Waals surface area contributed by atoms with Crippen LogP contribution in [0.5, 0.6) is 11.5 Å². The minimum Gasteiger partial charge on any atom is -0.504 e. The van der Waals surface area contributed by atoms with Gasteiger partial charge in [-0.3, -0.25) is 5.43 Å². The molecule has 0 spiro atoms. The molecule has 20 heavy (non-hydrogen) atoms. The van der Waals surface area contributed by atoms with E-state index >= 15 is 0 Å². The summed E-state index contributed by atoms with van der Waals surface area (Å²) in [6, 6.07) is 4.64. The third-order valence-corrected chi connectivity index (χ3v) is 3.17. The van der Waals surface area contributed by atoms with Crippen molar-refractivity contribution in [3.8, 4) is 11.5 Å². The van der Waals surface area contributed by atoms with Gasteiger partial charge < -0.3 is 20.3 Å². The number of ether oxygens (including phenoxy) is 1. The predicted octanol–water partition coefficient (Wildman–Crippen LogP) is 1.07. The fourth-order valence-electron chi connectivity index (χ4n) is 1.86. The lowest BCUT2D eigenvalue weighted by Gasteiger charge is -2.11. The molecule has 1 aliphatic heterocycles. The number of phenols is 2. The van der Waals surface area contributed by atoms with Crippen molar-refractivity contribution < 1.29 is 14.9 Å². The number of hydrogen-bond acceptors (Lipinski definition) is 5. The highest BCUT2D eigenvalue weighted by Gasteiger charge is 2.14. The first-order valence-electron chi connectivity index (χ1n) is 6.36. The van der Waals surface area contributed by atoms with E-state index in [1.807, 2.05) is 0 Å². The van der Waals surface area contributed by atoms with Crippen LogP contribution in [0.4, 0.5) is 0 Å². The van der Waals surface area contributed by atoms with Gasteiger partial charge in [0.05, 0.1) is 12.3 Å². The highest BCUT2D eigenvalue weighted by Crippen LogP contribution is 2.26. The zero-order chi connectivity index (χ0) is 14.4. The van der Waals surface area contributed by atoms with Crippen LogP contribution >= 0.6 is 12.2 Å². The molecular formula is C13H17N3O3S. The quantitative estimate of drug-likeness (QED) is 0.288. The Morgan fingerprint density at radius 2 is 2.35 bits per heavy atom. The molecular weight excluding hydrogens is 278 g/mol. The molecule has 0 aliphatic carbocycles. The van der Waals surface area contributed by atoms with Gasteiger partial charge in [0.2, 0.25) is 0 Å². The monoisotopic (exact) mass is 295 g/mol. The fourth-order valence-corrected chi connectivity index (χ4v) is 2.00. The lowest BCUT2D eigenvalue weighted by molar-refractivity contribution is 0.114. The van der Waals surface area contributed by atoms with E-state index in [2.05, 4.69) is 15.8 Å². The minimum atomic E-state index is -0.212. The normalized spacial score (nSPS) is 18.3. The van der Waals surface area contributed by atoms with Gasteiger partial charge in [0.25, 0.3) is 0 Å².